The van der Waals surface area contributed by atoms with Crippen LogP contribution in [-0.4, -0.2) is 12.4 Å². The van der Waals surface area contributed by atoms with E-state index in [1.165, 1.54) is 7.11 Å². The third kappa shape index (κ3) is 1.95. The first-order valence-electron chi connectivity index (χ1n) is 3.29. The lowest BCUT2D eigenvalue weighted by Crippen LogP contribution is -1.99. The van der Waals surface area contributed by atoms with Gasteiger partial charge in [0.25, 0.3) is 5.24 Å². The monoisotopic (exact) mass is 206 g/mol. The zero-order chi connectivity index (χ0) is 10.0. The van der Waals surface area contributed by atoms with Crippen molar-refractivity contribution >= 4 is 16.8 Å². The maximum Gasteiger partial charge on any atom is 0.255 e. The van der Waals surface area contributed by atoms with Crippen molar-refractivity contribution in [3.63, 3.8) is 0 Å². The number of hydrogen-bond acceptors (Lipinski definition) is 2. The van der Waals surface area contributed by atoms with Crippen LogP contribution >= 0.6 is 11.6 Å². The molecule has 0 amide bonds. The van der Waals surface area contributed by atoms with Gasteiger partial charge >= 0.3 is 0 Å². The fourth-order valence-corrected chi connectivity index (χ4v) is 0.993. The Morgan fingerprint density at radius 1 is 1.46 bits per heavy atom. The molecule has 0 spiro atoms. The molecule has 0 aliphatic rings. The van der Waals surface area contributed by atoms with E-state index in [0.717, 1.165) is 6.07 Å². The number of carbonyl (C=O) groups excluding carboxylic acids is 1. The summed E-state index contributed by atoms with van der Waals surface area (Å²) in [6.07, 6.45) is 0. The minimum absolute atomic E-state index is 0.344. The molecule has 13 heavy (non-hydrogen) atoms. The second kappa shape index (κ2) is 3.70. The third-order valence-corrected chi connectivity index (χ3v) is 1.64. The fourth-order valence-electron chi connectivity index (χ4n) is 0.856. The van der Waals surface area contributed by atoms with Crippen molar-refractivity contribution in [1.29, 1.82) is 0 Å². The van der Waals surface area contributed by atoms with Gasteiger partial charge < -0.3 is 4.74 Å². The van der Waals surface area contributed by atoms with Crippen molar-refractivity contribution in [3.8, 4) is 5.75 Å². The lowest BCUT2D eigenvalue weighted by atomic mass is 10.2. The molecule has 0 atom stereocenters. The molecular formula is C8H5ClF2O2. The van der Waals surface area contributed by atoms with Gasteiger partial charge in [0.2, 0.25) is 0 Å². The second-order valence-electron chi connectivity index (χ2n) is 2.24. The Bertz CT molecular complexity index is 352. The first-order valence-corrected chi connectivity index (χ1v) is 3.67. The highest BCUT2D eigenvalue weighted by atomic mass is 35.5. The fraction of sp³-hybridized carbons (Fsp3) is 0.125. The number of carbonyl (C=O) groups is 1. The summed E-state index contributed by atoms with van der Waals surface area (Å²) in [4.78, 5) is 10.6. The molecular weight excluding hydrogens is 202 g/mol. The molecule has 70 valence electrons. The van der Waals surface area contributed by atoms with Gasteiger partial charge in [-0.2, -0.15) is 0 Å². The standard InChI is InChI=1S/C8H5ClF2O2/c1-13-6-3-4(10)2-5(7(6)11)8(9)12/h2-3H,1H3. The van der Waals surface area contributed by atoms with Crippen LogP contribution < -0.4 is 4.74 Å². The molecule has 0 unspecified atom stereocenters. The van der Waals surface area contributed by atoms with E-state index in [4.69, 9.17) is 11.6 Å². The minimum Gasteiger partial charge on any atom is -0.494 e. The second-order valence-corrected chi connectivity index (χ2v) is 2.59. The first kappa shape index (κ1) is 9.92. The number of methoxy groups -OCH3 is 1. The molecule has 0 aliphatic heterocycles. The number of halogens is 3. The maximum absolute atomic E-state index is 13.1. The van der Waals surface area contributed by atoms with E-state index in [1.807, 2.05) is 0 Å². The highest BCUT2D eigenvalue weighted by Gasteiger charge is 2.15. The maximum atomic E-state index is 13.1. The number of hydrogen-bond donors (Lipinski definition) is 0. The number of benzene rings is 1. The van der Waals surface area contributed by atoms with E-state index >= 15 is 0 Å². The van der Waals surface area contributed by atoms with Crippen LogP contribution in [0.4, 0.5) is 8.78 Å². The van der Waals surface area contributed by atoms with Gasteiger partial charge in [0.15, 0.2) is 11.6 Å². The van der Waals surface area contributed by atoms with Gasteiger partial charge in [-0.05, 0) is 17.7 Å². The summed E-state index contributed by atoms with van der Waals surface area (Å²) in [5, 5.41) is -1.06. The van der Waals surface area contributed by atoms with Crippen molar-refractivity contribution < 1.29 is 18.3 Å². The molecule has 0 saturated heterocycles. The molecule has 1 aromatic carbocycles. The van der Waals surface area contributed by atoms with Gasteiger partial charge in [-0.15, -0.1) is 0 Å². The average Bonchev–Trinajstić information content (AvgIpc) is 2.08. The van der Waals surface area contributed by atoms with E-state index in [0.29, 0.717) is 6.07 Å². The average molecular weight is 207 g/mol. The van der Waals surface area contributed by atoms with Gasteiger partial charge in [-0.3, -0.25) is 4.79 Å². The Labute approximate surface area is 78.1 Å². The van der Waals surface area contributed by atoms with Crippen LogP contribution in [0.5, 0.6) is 5.75 Å². The summed E-state index contributed by atoms with van der Waals surface area (Å²) in [6.45, 7) is 0. The first-order chi connectivity index (χ1) is 6.06. The molecule has 0 fully saturated rings. The van der Waals surface area contributed by atoms with Gasteiger partial charge in [-0.25, -0.2) is 8.78 Å². The molecule has 0 N–H and O–H groups in total. The van der Waals surface area contributed by atoms with Crippen molar-refractivity contribution in [2.24, 2.45) is 0 Å². The summed E-state index contributed by atoms with van der Waals surface area (Å²) in [5.74, 6) is -2.07. The molecule has 1 aromatic rings. The minimum atomic E-state index is -1.06. The van der Waals surface area contributed by atoms with Gasteiger partial charge in [0, 0.05) is 6.07 Å². The van der Waals surface area contributed by atoms with Crippen molar-refractivity contribution in [2.45, 2.75) is 0 Å². The lowest BCUT2D eigenvalue weighted by molar-refractivity contribution is 0.107. The molecule has 5 heteroatoms. The number of ether oxygens (including phenoxy) is 1. The molecule has 0 bridgehead atoms. The van der Waals surface area contributed by atoms with Crippen molar-refractivity contribution in [2.75, 3.05) is 7.11 Å². The van der Waals surface area contributed by atoms with Crippen LogP contribution in [0.3, 0.4) is 0 Å². The molecule has 1 rings (SSSR count). The smallest absolute Gasteiger partial charge is 0.255 e. The van der Waals surface area contributed by atoms with E-state index in [-0.39, 0.29) is 5.75 Å². The summed E-state index contributed by atoms with van der Waals surface area (Å²) in [7, 11) is 1.17. The Morgan fingerprint density at radius 3 is 2.54 bits per heavy atom. The van der Waals surface area contributed by atoms with E-state index in [2.05, 4.69) is 4.74 Å². The largest absolute Gasteiger partial charge is 0.494 e. The quantitative estimate of drug-likeness (QED) is 0.695. The van der Waals surface area contributed by atoms with E-state index in [9.17, 15) is 13.6 Å². The molecule has 0 aliphatic carbocycles. The van der Waals surface area contributed by atoms with E-state index in [1.54, 1.807) is 0 Å². The predicted octanol–water partition coefficient (Wildman–Crippen LogP) is 2.35. The summed E-state index contributed by atoms with van der Waals surface area (Å²) >= 11 is 5.01. The molecule has 0 radical (unpaired) electrons. The SMILES string of the molecule is COc1cc(F)cc(C(=O)Cl)c1F. The topological polar surface area (TPSA) is 26.3 Å². The highest BCUT2D eigenvalue weighted by molar-refractivity contribution is 6.67. The van der Waals surface area contributed by atoms with Crippen molar-refractivity contribution in [3.05, 3.63) is 29.3 Å². The Morgan fingerprint density at radius 2 is 2.08 bits per heavy atom. The molecule has 0 heterocycles. The van der Waals surface area contributed by atoms with Crippen LogP contribution in [0, 0.1) is 11.6 Å². The highest BCUT2D eigenvalue weighted by Crippen LogP contribution is 2.23. The zero-order valence-corrected chi connectivity index (χ0v) is 7.36. The lowest BCUT2D eigenvalue weighted by Gasteiger charge is -2.04. The van der Waals surface area contributed by atoms with Crippen LogP contribution in [0.2, 0.25) is 0 Å². The van der Waals surface area contributed by atoms with Crippen LogP contribution in [0.15, 0.2) is 12.1 Å². The Balaban J connectivity index is 3.35. The van der Waals surface area contributed by atoms with Gasteiger partial charge in [0.1, 0.15) is 5.82 Å². The Hall–Kier alpha value is -1.16. The number of rotatable bonds is 2. The van der Waals surface area contributed by atoms with E-state index < -0.39 is 22.4 Å². The molecule has 0 aromatic heterocycles. The Kier molecular flexibility index (Phi) is 2.83. The summed E-state index contributed by atoms with van der Waals surface area (Å²) in [5.41, 5.74) is -0.529. The molecule has 2 nitrogen and oxygen atoms in total. The predicted molar refractivity (Wildman–Crippen MR) is 43.1 cm³/mol. The van der Waals surface area contributed by atoms with Gasteiger partial charge in [0.05, 0.1) is 12.7 Å². The summed E-state index contributed by atoms with van der Waals surface area (Å²) in [6, 6.07) is 1.55. The molecule has 0 saturated carbocycles. The van der Waals surface area contributed by atoms with Crippen LogP contribution in [0.25, 0.3) is 0 Å². The summed E-state index contributed by atoms with van der Waals surface area (Å²) < 4.78 is 30.3. The van der Waals surface area contributed by atoms with Crippen LogP contribution in [0.1, 0.15) is 10.4 Å². The van der Waals surface area contributed by atoms with Gasteiger partial charge in [-0.1, -0.05) is 0 Å². The van der Waals surface area contributed by atoms with Crippen molar-refractivity contribution in [1.82, 2.24) is 0 Å². The zero-order valence-electron chi connectivity index (χ0n) is 6.61. The third-order valence-electron chi connectivity index (χ3n) is 1.44. The normalized spacial score (nSPS) is 9.85. The van der Waals surface area contributed by atoms with Crippen LogP contribution in [-0.2, 0) is 0 Å².